The average Bonchev–Trinajstić information content (AvgIpc) is 2.28. The molecule has 0 bridgehead atoms. The fourth-order valence-electron chi connectivity index (χ4n) is 1.42. The van der Waals surface area contributed by atoms with E-state index in [2.05, 4.69) is 6.07 Å². The summed E-state index contributed by atoms with van der Waals surface area (Å²) < 4.78 is 0. The number of para-hydroxylation sites is 2. The SMILES string of the molecule is CC(CC#N)N(C)c1ccccc1[N+](=O)[O-]. The third-order valence-electron chi connectivity index (χ3n) is 2.51. The molecular weight excluding hydrogens is 206 g/mol. The molecule has 5 nitrogen and oxygen atoms in total. The molecular formula is C11H13N3O2. The summed E-state index contributed by atoms with van der Waals surface area (Å²) in [7, 11) is 1.75. The van der Waals surface area contributed by atoms with E-state index in [1.54, 1.807) is 30.1 Å². The number of nitro groups is 1. The Kier molecular flexibility index (Phi) is 3.84. The van der Waals surface area contributed by atoms with Crippen molar-refractivity contribution < 1.29 is 4.92 Å². The molecule has 0 radical (unpaired) electrons. The quantitative estimate of drug-likeness (QED) is 0.575. The van der Waals surface area contributed by atoms with Crippen LogP contribution in [0.5, 0.6) is 0 Å². The summed E-state index contributed by atoms with van der Waals surface area (Å²) >= 11 is 0. The molecule has 0 aromatic heterocycles. The second-order valence-corrected chi connectivity index (χ2v) is 3.57. The van der Waals surface area contributed by atoms with Gasteiger partial charge in [0.1, 0.15) is 5.69 Å². The second kappa shape index (κ2) is 5.12. The Labute approximate surface area is 94.1 Å². The van der Waals surface area contributed by atoms with Crippen LogP contribution in [0.2, 0.25) is 0 Å². The van der Waals surface area contributed by atoms with Crippen LogP contribution in [-0.4, -0.2) is 18.0 Å². The minimum absolute atomic E-state index is 0.0499. The maximum atomic E-state index is 10.8. The van der Waals surface area contributed by atoms with Crippen LogP contribution >= 0.6 is 0 Å². The fraction of sp³-hybridized carbons (Fsp3) is 0.364. The zero-order valence-corrected chi connectivity index (χ0v) is 9.25. The predicted octanol–water partition coefficient (Wildman–Crippen LogP) is 2.33. The van der Waals surface area contributed by atoms with Gasteiger partial charge in [0.15, 0.2) is 0 Å². The van der Waals surface area contributed by atoms with Gasteiger partial charge < -0.3 is 4.90 Å². The van der Waals surface area contributed by atoms with Crippen LogP contribution in [0.1, 0.15) is 13.3 Å². The zero-order chi connectivity index (χ0) is 12.1. The number of rotatable bonds is 4. The predicted molar refractivity (Wildman–Crippen MR) is 61.2 cm³/mol. The van der Waals surface area contributed by atoms with Gasteiger partial charge in [0.2, 0.25) is 0 Å². The number of nitriles is 1. The Hall–Kier alpha value is -2.09. The van der Waals surface area contributed by atoms with Crippen LogP contribution in [0.25, 0.3) is 0 Å². The van der Waals surface area contributed by atoms with Crippen molar-refractivity contribution >= 4 is 11.4 Å². The smallest absolute Gasteiger partial charge is 0.292 e. The lowest BCUT2D eigenvalue weighted by atomic mass is 10.2. The molecule has 0 fully saturated rings. The Balaban J connectivity index is 3.04. The highest BCUT2D eigenvalue weighted by molar-refractivity contribution is 5.63. The average molecular weight is 219 g/mol. The Morgan fingerprint density at radius 2 is 2.19 bits per heavy atom. The molecule has 1 rings (SSSR count). The van der Waals surface area contributed by atoms with Crippen LogP contribution < -0.4 is 4.90 Å². The summed E-state index contributed by atoms with van der Waals surface area (Å²) in [6, 6.07) is 8.53. The Morgan fingerprint density at radius 3 is 2.75 bits per heavy atom. The first-order valence-electron chi connectivity index (χ1n) is 4.91. The number of anilines is 1. The summed E-state index contributed by atoms with van der Waals surface area (Å²) in [5.74, 6) is 0. The molecule has 1 atom stereocenters. The van der Waals surface area contributed by atoms with Gasteiger partial charge in [0.25, 0.3) is 5.69 Å². The summed E-state index contributed by atoms with van der Waals surface area (Å²) in [5, 5.41) is 19.4. The van der Waals surface area contributed by atoms with Crippen molar-refractivity contribution in [2.75, 3.05) is 11.9 Å². The lowest BCUT2D eigenvalue weighted by Gasteiger charge is -2.24. The topological polar surface area (TPSA) is 70.2 Å². The molecule has 84 valence electrons. The molecule has 0 aliphatic carbocycles. The molecule has 1 aromatic carbocycles. The van der Waals surface area contributed by atoms with Crippen molar-refractivity contribution in [3.8, 4) is 6.07 Å². The highest BCUT2D eigenvalue weighted by atomic mass is 16.6. The van der Waals surface area contributed by atoms with Crippen molar-refractivity contribution in [2.24, 2.45) is 0 Å². The van der Waals surface area contributed by atoms with E-state index in [0.29, 0.717) is 12.1 Å². The molecule has 5 heteroatoms. The minimum atomic E-state index is -0.412. The van der Waals surface area contributed by atoms with Crippen LogP contribution in [0.3, 0.4) is 0 Å². The monoisotopic (exact) mass is 219 g/mol. The van der Waals surface area contributed by atoms with Crippen molar-refractivity contribution in [3.05, 3.63) is 34.4 Å². The first kappa shape index (κ1) is 12.0. The molecule has 0 amide bonds. The van der Waals surface area contributed by atoms with E-state index < -0.39 is 4.92 Å². The van der Waals surface area contributed by atoms with Crippen molar-refractivity contribution in [2.45, 2.75) is 19.4 Å². The van der Waals surface area contributed by atoms with E-state index in [4.69, 9.17) is 5.26 Å². The number of nitrogens with zero attached hydrogens (tertiary/aromatic N) is 3. The lowest BCUT2D eigenvalue weighted by Crippen LogP contribution is -2.28. The third kappa shape index (κ3) is 2.48. The van der Waals surface area contributed by atoms with E-state index in [-0.39, 0.29) is 11.7 Å². The molecule has 16 heavy (non-hydrogen) atoms. The molecule has 0 aliphatic rings. The fourth-order valence-corrected chi connectivity index (χ4v) is 1.42. The highest BCUT2D eigenvalue weighted by Crippen LogP contribution is 2.28. The first-order valence-corrected chi connectivity index (χ1v) is 4.91. The van der Waals surface area contributed by atoms with Gasteiger partial charge in [0, 0.05) is 19.2 Å². The van der Waals surface area contributed by atoms with Gasteiger partial charge in [0.05, 0.1) is 17.4 Å². The number of benzene rings is 1. The zero-order valence-electron chi connectivity index (χ0n) is 9.25. The normalized spacial score (nSPS) is 11.6. The molecule has 0 spiro atoms. The standard InChI is InChI=1S/C11H13N3O2/c1-9(7-8-12)13(2)10-5-3-4-6-11(10)14(15)16/h3-6,9H,7H2,1-2H3. The van der Waals surface area contributed by atoms with Gasteiger partial charge in [-0.15, -0.1) is 0 Å². The van der Waals surface area contributed by atoms with Crippen molar-refractivity contribution in [1.29, 1.82) is 5.26 Å². The van der Waals surface area contributed by atoms with Gasteiger partial charge >= 0.3 is 0 Å². The second-order valence-electron chi connectivity index (χ2n) is 3.57. The summed E-state index contributed by atoms with van der Waals surface area (Å²) in [5.41, 5.74) is 0.602. The molecule has 0 saturated heterocycles. The van der Waals surface area contributed by atoms with E-state index >= 15 is 0 Å². The van der Waals surface area contributed by atoms with Crippen LogP contribution in [0.4, 0.5) is 11.4 Å². The minimum Gasteiger partial charge on any atom is -0.365 e. The summed E-state index contributed by atoms with van der Waals surface area (Å²) in [4.78, 5) is 12.2. The number of nitro benzene ring substituents is 1. The van der Waals surface area contributed by atoms with Crippen LogP contribution in [0.15, 0.2) is 24.3 Å². The van der Waals surface area contributed by atoms with E-state index in [0.717, 1.165) is 0 Å². The summed E-state index contributed by atoms with van der Waals surface area (Å²) in [6.07, 6.45) is 0.336. The van der Waals surface area contributed by atoms with Crippen molar-refractivity contribution in [1.82, 2.24) is 0 Å². The molecule has 0 aliphatic heterocycles. The number of hydrogen-bond acceptors (Lipinski definition) is 4. The number of hydrogen-bond donors (Lipinski definition) is 0. The third-order valence-corrected chi connectivity index (χ3v) is 2.51. The van der Waals surface area contributed by atoms with Gasteiger partial charge in [-0.1, -0.05) is 12.1 Å². The lowest BCUT2D eigenvalue weighted by molar-refractivity contribution is -0.384. The Bertz CT molecular complexity index is 425. The van der Waals surface area contributed by atoms with E-state index in [1.807, 2.05) is 6.92 Å². The van der Waals surface area contributed by atoms with Crippen LogP contribution in [0, 0.1) is 21.4 Å². The highest BCUT2D eigenvalue weighted by Gasteiger charge is 2.19. The van der Waals surface area contributed by atoms with Gasteiger partial charge in [-0.25, -0.2) is 0 Å². The van der Waals surface area contributed by atoms with Gasteiger partial charge in [-0.05, 0) is 13.0 Å². The molecule has 1 unspecified atom stereocenters. The molecule has 1 aromatic rings. The van der Waals surface area contributed by atoms with E-state index in [1.165, 1.54) is 6.07 Å². The van der Waals surface area contributed by atoms with Gasteiger partial charge in [-0.2, -0.15) is 5.26 Å². The van der Waals surface area contributed by atoms with E-state index in [9.17, 15) is 10.1 Å². The maximum absolute atomic E-state index is 10.8. The van der Waals surface area contributed by atoms with Crippen LogP contribution in [-0.2, 0) is 0 Å². The maximum Gasteiger partial charge on any atom is 0.292 e. The largest absolute Gasteiger partial charge is 0.365 e. The van der Waals surface area contributed by atoms with Gasteiger partial charge in [-0.3, -0.25) is 10.1 Å². The molecule has 0 heterocycles. The molecule has 0 N–H and O–H groups in total. The Morgan fingerprint density at radius 1 is 1.56 bits per heavy atom. The summed E-state index contributed by atoms with van der Waals surface area (Å²) in [6.45, 7) is 1.86. The van der Waals surface area contributed by atoms with Crippen molar-refractivity contribution in [3.63, 3.8) is 0 Å². The first-order chi connectivity index (χ1) is 7.57. The molecule has 0 saturated carbocycles.